The molecule has 0 saturated heterocycles. The van der Waals surface area contributed by atoms with Crippen LogP contribution in [-0.2, 0) is 0 Å². The van der Waals surface area contributed by atoms with Crippen molar-refractivity contribution in [1.29, 1.82) is 0 Å². The molecule has 0 amide bonds. The van der Waals surface area contributed by atoms with Crippen LogP contribution < -0.4 is 18.9 Å². The third-order valence-electron chi connectivity index (χ3n) is 2.72. The van der Waals surface area contributed by atoms with E-state index >= 15 is 0 Å². The number of halogens is 1. The van der Waals surface area contributed by atoms with Crippen LogP contribution in [0.3, 0.4) is 0 Å². The van der Waals surface area contributed by atoms with Crippen LogP contribution in [0, 0.1) is 6.92 Å². The van der Waals surface area contributed by atoms with Gasteiger partial charge in [-0.3, -0.25) is 0 Å². The fraction of sp³-hybridized carbons (Fsp3) is 0.385. The molecule has 0 aliphatic rings. The van der Waals surface area contributed by atoms with Gasteiger partial charge in [-0.15, -0.1) is 0 Å². The first-order valence-corrected chi connectivity index (χ1v) is 7.20. The molecule has 2 aromatic rings. The predicted octanol–water partition coefficient (Wildman–Crippen LogP) is 2.80. The van der Waals surface area contributed by atoms with E-state index in [1.165, 1.54) is 11.5 Å². The molecular formula is C13H16ClN2O3S+. The topological polar surface area (TPSA) is 44.5 Å². The summed E-state index contributed by atoms with van der Waals surface area (Å²) in [6.07, 6.45) is 0. The van der Waals surface area contributed by atoms with Crippen molar-refractivity contribution in [2.45, 2.75) is 13.8 Å². The fourth-order valence-corrected chi connectivity index (χ4v) is 2.61. The summed E-state index contributed by atoms with van der Waals surface area (Å²) in [7, 11) is 3.15. The molecule has 5 nitrogen and oxygen atoms in total. The van der Waals surface area contributed by atoms with Crippen molar-refractivity contribution >= 4 is 23.1 Å². The first kappa shape index (κ1) is 14.9. The van der Waals surface area contributed by atoms with Gasteiger partial charge < -0.3 is 14.2 Å². The smallest absolute Gasteiger partial charge is 0.415 e. The normalized spacial score (nSPS) is 10.4. The molecule has 0 unspecified atom stereocenters. The molecule has 1 aromatic carbocycles. The van der Waals surface area contributed by atoms with E-state index < -0.39 is 0 Å². The first-order chi connectivity index (χ1) is 9.62. The van der Waals surface area contributed by atoms with Gasteiger partial charge in [0.25, 0.3) is 5.69 Å². The second-order valence-electron chi connectivity index (χ2n) is 3.94. The Labute approximate surface area is 126 Å². The second-order valence-corrected chi connectivity index (χ2v) is 5.30. The molecule has 0 aliphatic heterocycles. The number of aromatic nitrogens is 2. The number of benzene rings is 1. The maximum Gasteiger partial charge on any atom is 0.415 e. The average Bonchev–Trinajstić information content (AvgIpc) is 2.80. The fourth-order valence-electron chi connectivity index (χ4n) is 1.79. The molecule has 0 fully saturated rings. The van der Waals surface area contributed by atoms with E-state index in [-0.39, 0.29) is 0 Å². The van der Waals surface area contributed by atoms with Crippen LogP contribution in [-0.4, -0.2) is 25.3 Å². The summed E-state index contributed by atoms with van der Waals surface area (Å²) >= 11 is 7.54. The Bertz CT molecular complexity index is 616. The van der Waals surface area contributed by atoms with Crippen molar-refractivity contribution < 1.29 is 18.9 Å². The zero-order valence-corrected chi connectivity index (χ0v) is 13.3. The number of ether oxygens (including phenoxy) is 3. The molecule has 1 heterocycles. The van der Waals surface area contributed by atoms with E-state index in [9.17, 15) is 0 Å². The zero-order valence-electron chi connectivity index (χ0n) is 11.8. The third-order valence-corrected chi connectivity index (χ3v) is 3.70. The van der Waals surface area contributed by atoms with Crippen LogP contribution in [0.2, 0.25) is 5.02 Å². The van der Waals surface area contributed by atoms with Gasteiger partial charge in [-0.2, -0.15) is 0 Å². The van der Waals surface area contributed by atoms with E-state index in [1.54, 1.807) is 31.0 Å². The van der Waals surface area contributed by atoms with Gasteiger partial charge in [0.15, 0.2) is 5.75 Å². The van der Waals surface area contributed by atoms with Crippen molar-refractivity contribution in [2.24, 2.45) is 0 Å². The monoisotopic (exact) mass is 315 g/mol. The van der Waals surface area contributed by atoms with Crippen LogP contribution in [0.25, 0.3) is 5.69 Å². The predicted molar refractivity (Wildman–Crippen MR) is 77.7 cm³/mol. The van der Waals surface area contributed by atoms with E-state index in [4.69, 9.17) is 25.8 Å². The van der Waals surface area contributed by atoms with Gasteiger partial charge in [0.2, 0.25) is 0 Å². The lowest BCUT2D eigenvalue weighted by molar-refractivity contribution is -0.657. The Morgan fingerprint density at radius 3 is 2.55 bits per heavy atom. The maximum atomic E-state index is 6.19. The molecule has 7 heteroatoms. The minimum atomic E-state index is 0.490. The molecule has 20 heavy (non-hydrogen) atoms. The average molecular weight is 316 g/mol. The van der Waals surface area contributed by atoms with Crippen LogP contribution in [0.1, 0.15) is 11.8 Å². The highest BCUT2D eigenvalue weighted by atomic mass is 35.5. The van der Waals surface area contributed by atoms with E-state index in [2.05, 4.69) is 4.49 Å². The van der Waals surface area contributed by atoms with Gasteiger partial charge in [-0.25, -0.2) is 0 Å². The Balaban J connectivity index is 2.60. The summed E-state index contributed by atoms with van der Waals surface area (Å²) < 4.78 is 22.3. The maximum absolute atomic E-state index is 6.19. The molecule has 0 N–H and O–H groups in total. The lowest BCUT2D eigenvalue weighted by Gasteiger charge is -2.07. The molecule has 0 bridgehead atoms. The number of nitrogens with zero attached hydrogens (tertiary/aromatic N) is 2. The summed E-state index contributed by atoms with van der Waals surface area (Å²) in [6.45, 7) is 4.45. The summed E-state index contributed by atoms with van der Waals surface area (Å²) in [6, 6.07) is 3.48. The van der Waals surface area contributed by atoms with Crippen LogP contribution in [0.15, 0.2) is 12.1 Å². The van der Waals surface area contributed by atoms with E-state index in [0.29, 0.717) is 34.7 Å². The van der Waals surface area contributed by atoms with Gasteiger partial charge in [-0.05, 0) is 13.8 Å². The first-order valence-electron chi connectivity index (χ1n) is 6.05. The highest BCUT2D eigenvalue weighted by molar-refractivity contribution is 7.05. The molecular weight excluding hydrogens is 300 g/mol. The third kappa shape index (κ3) is 2.66. The quantitative estimate of drug-likeness (QED) is 0.796. The Kier molecular flexibility index (Phi) is 4.67. The van der Waals surface area contributed by atoms with E-state index in [1.807, 2.05) is 13.8 Å². The largest absolute Gasteiger partial charge is 0.495 e. The second kappa shape index (κ2) is 6.28. The number of hydrogen-bond donors (Lipinski definition) is 0. The van der Waals surface area contributed by atoms with Crippen LogP contribution in [0.5, 0.6) is 17.4 Å². The molecule has 0 atom stereocenters. The minimum Gasteiger partial charge on any atom is -0.495 e. The molecule has 108 valence electrons. The van der Waals surface area contributed by atoms with Crippen molar-refractivity contribution in [2.75, 3.05) is 20.8 Å². The number of hydrogen-bond acceptors (Lipinski definition) is 5. The van der Waals surface area contributed by atoms with Crippen LogP contribution in [0.4, 0.5) is 0 Å². The van der Waals surface area contributed by atoms with Crippen molar-refractivity contribution in [1.82, 2.24) is 4.49 Å². The van der Waals surface area contributed by atoms with Gasteiger partial charge in [0.05, 0.1) is 30.3 Å². The SMILES string of the molecule is CCOc1c(C)sn[n+]1-c1cc(Cl)c(OC)cc1OC. The lowest BCUT2D eigenvalue weighted by Crippen LogP contribution is -2.34. The zero-order chi connectivity index (χ0) is 14.7. The molecule has 0 radical (unpaired) electrons. The van der Waals surface area contributed by atoms with Crippen molar-refractivity contribution in [3.05, 3.63) is 22.0 Å². The Hall–Kier alpha value is -1.53. The van der Waals surface area contributed by atoms with Gasteiger partial charge in [0, 0.05) is 28.3 Å². The van der Waals surface area contributed by atoms with Crippen molar-refractivity contribution in [3.8, 4) is 23.1 Å². The van der Waals surface area contributed by atoms with Gasteiger partial charge in [0.1, 0.15) is 10.6 Å². The summed E-state index contributed by atoms with van der Waals surface area (Å²) in [5, 5.41) is 0.490. The standard InChI is InChI=1S/C13H16ClN2O3S/c1-5-19-13-8(2)20-15-16(13)10-6-9(14)11(17-3)7-12(10)18-4/h6-7H,5H2,1-4H3/q+1. The Morgan fingerprint density at radius 2 is 1.95 bits per heavy atom. The van der Waals surface area contributed by atoms with Crippen molar-refractivity contribution in [3.63, 3.8) is 0 Å². The molecule has 1 aromatic heterocycles. The van der Waals surface area contributed by atoms with Gasteiger partial charge >= 0.3 is 5.88 Å². The molecule has 0 spiro atoms. The van der Waals surface area contributed by atoms with E-state index in [0.717, 1.165) is 4.88 Å². The molecule has 0 saturated carbocycles. The number of aryl methyl sites for hydroxylation is 1. The summed E-state index contributed by atoms with van der Waals surface area (Å²) in [5.74, 6) is 1.86. The van der Waals surface area contributed by atoms with Crippen LogP contribution >= 0.6 is 23.1 Å². The number of rotatable bonds is 5. The highest BCUT2D eigenvalue weighted by Crippen LogP contribution is 2.33. The molecule has 0 aliphatic carbocycles. The van der Waals surface area contributed by atoms with Gasteiger partial charge in [-0.1, -0.05) is 11.6 Å². The minimum absolute atomic E-state index is 0.490. The summed E-state index contributed by atoms with van der Waals surface area (Å²) in [5.41, 5.74) is 0.714. The Morgan fingerprint density at radius 1 is 1.25 bits per heavy atom. The summed E-state index contributed by atoms with van der Waals surface area (Å²) in [4.78, 5) is 0.987. The molecule has 2 rings (SSSR count). The lowest BCUT2D eigenvalue weighted by atomic mass is 10.2. The number of methoxy groups -OCH3 is 2. The highest BCUT2D eigenvalue weighted by Gasteiger charge is 2.28.